The summed E-state index contributed by atoms with van der Waals surface area (Å²) in [6.45, 7) is 0. The predicted octanol–water partition coefficient (Wildman–Crippen LogP) is 2.85. The summed E-state index contributed by atoms with van der Waals surface area (Å²) < 4.78 is 16.4. The average Bonchev–Trinajstić information content (AvgIpc) is 3.34. The Morgan fingerprint density at radius 3 is 2.24 bits per heavy atom. The molecule has 1 aliphatic carbocycles. The van der Waals surface area contributed by atoms with E-state index in [1.807, 2.05) is 18.2 Å². The smallest absolute Gasteiger partial charge is 0.219 e. The molecule has 5 N–H and O–H groups in total. The third-order valence-corrected chi connectivity index (χ3v) is 5.50. The molecule has 176 valence electrons. The summed E-state index contributed by atoms with van der Waals surface area (Å²) in [5, 5.41) is 8.42. The normalized spacial score (nSPS) is 19.5. The Hall–Kier alpha value is -3.30. The van der Waals surface area contributed by atoms with Gasteiger partial charge in [0.15, 0.2) is 17.3 Å². The first-order chi connectivity index (χ1) is 14.9. The van der Waals surface area contributed by atoms with Gasteiger partial charge in [0.2, 0.25) is 17.2 Å². The Labute approximate surface area is 204 Å². The number of halogens is 2. The molecule has 0 saturated carbocycles. The first-order valence-electron chi connectivity index (χ1n) is 9.70. The van der Waals surface area contributed by atoms with Gasteiger partial charge in [-0.2, -0.15) is 4.99 Å². The van der Waals surface area contributed by atoms with Crippen molar-refractivity contribution in [2.45, 2.75) is 18.4 Å². The highest BCUT2D eigenvalue weighted by Crippen LogP contribution is 2.43. The van der Waals surface area contributed by atoms with Crippen LogP contribution in [0, 0.1) is 5.41 Å². The number of nitrogens with one attached hydrogen (secondary N) is 1. The third-order valence-electron chi connectivity index (χ3n) is 5.50. The first-order valence-corrected chi connectivity index (χ1v) is 9.70. The quantitative estimate of drug-likeness (QED) is 0.434. The van der Waals surface area contributed by atoms with Crippen LogP contribution >= 0.6 is 24.8 Å². The standard InChI is InChI=1S/C22H24N6O3.2ClH/c1-29-16-10-13(11-17(30-2)18(16)31-3)22(19(23)24)20(27-21(25)28-22)26-15-9-8-12-6-4-5-7-14(12)15;;/h4-7,10-11H,8-9H2,1-3H3,(H3,23,24)(H2,25,28);2*1H. The van der Waals surface area contributed by atoms with E-state index < -0.39 is 5.54 Å². The van der Waals surface area contributed by atoms with E-state index in [9.17, 15) is 0 Å². The van der Waals surface area contributed by atoms with Crippen molar-refractivity contribution in [2.75, 3.05) is 21.3 Å². The molecule has 0 bridgehead atoms. The van der Waals surface area contributed by atoms with E-state index in [0.717, 1.165) is 24.1 Å². The molecule has 2 aromatic carbocycles. The van der Waals surface area contributed by atoms with E-state index >= 15 is 0 Å². The lowest BCUT2D eigenvalue weighted by molar-refractivity contribution is 0.323. The second kappa shape index (κ2) is 10.1. The van der Waals surface area contributed by atoms with Gasteiger partial charge in [0, 0.05) is 5.56 Å². The zero-order valence-electron chi connectivity index (χ0n) is 18.4. The number of aryl methyl sites for hydroxylation is 1. The number of fused-ring (bicyclic) bond motifs is 1. The molecule has 11 heteroatoms. The lowest BCUT2D eigenvalue weighted by Crippen LogP contribution is -2.44. The fraction of sp³-hybridized carbons (Fsp3) is 0.273. The number of methoxy groups -OCH3 is 3. The number of hydrogen-bond donors (Lipinski definition) is 3. The van der Waals surface area contributed by atoms with Crippen molar-refractivity contribution >= 4 is 48.2 Å². The van der Waals surface area contributed by atoms with Crippen molar-refractivity contribution < 1.29 is 14.2 Å². The molecule has 2 aromatic rings. The second-order valence-electron chi connectivity index (χ2n) is 7.16. The monoisotopic (exact) mass is 492 g/mol. The van der Waals surface area contributed by atoms with Crippen molar-refractivity contribution in [3.05, 3.63) is 53.1 Å². The molecule has 1 atom stereocenters. The molecule has 1 unspecified atom stereocenters. The van der Waals surface area contributed by atoms with Crippen molar-refractivity contribution in [3.8, 4) is 17.2 Å². The molecule has 0 radical (unpaired) electrons. The Morgan fingerprint density at radius 2 is 1.67 bits per heavy atom. The lowest BCUT2D eigenvalue weighted by Gasteiger charge is -2.27. The molecular formula is C22H26Cl2N6O3. The summed E-state index contributed by atoms with van der Waals surface area (Å²) in [5.74, 6) is 1.18. The van der Waals surface area contributed by atoms with E-state index in [2.05, 4.69) is 16.1 Å². The number of aliphatic imine (C=N–C) groups is 3. The van der Waals surface area contributed by atoms with Crippen LogP contribution < -0.4 is 25.7 Å². The van der Waals surface area contributed by atoms with Crippen LogP contribution in [0.15, 0.2) is 51.4 Å². The minimum absolute atomic E-state index is 0. The Kier molecular flexibility index (Phi) is 7.94. The van der Waals surface area contributed by atoms with Gasteiger partial charge >= 0.3 is 0 Å². The molecule has 2 aliphatic rings. The van der Waals surface area contributed by atoms with Gasteiger partial charge in [-0.15, -0.1) is 24.8 Å². The fourth-order valence-electron chi connectivity index (χ4n) is 4.01. The van der Waals surface area contributed by atoms with Gasteiger partial charge in [0.25, 0.3) is 0 Å². The molecule has 4 rings (SSSR count). The van der Waals surface area contributed by atoms with Gasteiger partial charge < -0.3 is 25.7 Å². The summed E-state index contributed by atoms with van der Waals surface area (Å²) in [6, 6.07) is 11.4. The number of nitrogens with two attached hydrogens (primary N) is 2. The van der Waals surface area contributed by atoms with Gasteiger partial charge in [-0.05, 0) is 36.1 Å². The third kappa shape index (κ3) is 4.21. The molecule has 0 aromatic heterocycles. The molecular weight excluding hydrogens is 467 g/mol. The number of amidine groups is 2. The largest absolute Gasteiger partial charge is 0.493 e. The number of ether oxygens (including phenoxy) is 3. The van der Waals surface area contributed by atoms with Gasteiger partial charge in [-0.25, -0.2) is 9.98 Å². The SMILES string of the molecule is COc1cc(C2(C(=N)N)N=C(N)N=C2N=C2CCc3ccccc32)cc(OC)c1OC.Cl.Cl. The lowest BCUT2D eigenvalue weighted by atomic mass is 9.87. The summed E-state index contributed by atoms with van der Waals surface area (Å²) in [4.78, 5) is 13.6. The van der Waals surface area contributed by atoms with Crippen LogP contribution in [0.2, 0.25) is 0 Å². The summed E-state index contributed by atoms with van der Waals surface area (Å²) in [5.41, 5.74) is 14.2. The van der Waals surface area contributed by atoms with Crippen LogP contribution in [0.3, 0.4) is 0 Å². The number of rotatable bonds is 5. The van der Waals surface area contributed by atoms with Gasteiger partial charge in [0.1, 0.15) is 5.84 Å². The molecule has 0 saturated heterocycles. The zero-order chi connectivity index (χ0) is 22.2. The van der Waals surface area contributed by atoms with E-state index in [1.54, 1.807) is 12.1 Å². The second-order valence-corrected chi connectivity index (χ2v) is 7.16. The highest BCUT2D eigenvalue weighted by molar-refractivity contribution is 6.24. The van der Waals surface area contributed by atoms with Crippen LogP contribution in [0.5, 0.6) is 17.2 Å². The maximum Gasteiger partial charge on any atom is 0.219 e. The predicted molar refractivity (Wildman–Crippen MR) is 135 cm³/mol. The number of hydrogen-bond acceptors (Lipinski definition) is 8. The maximum absolute atomic E-state index is 8.42. The number of nitrogens with zero attached hydrogens (tertiary/aromatic N) is 3. The van der Waals surface area contributed by atoms with Crippen LogP contribution in [0.25, 0.3) is 0 Å². The Bertz CT molecular complexity index is 1140. The van der Waals surface area contributed by atoms with Crippen molar-refractivity contribution in [1.29, 1.82) is 5.41 Å². The minimum atomic E-state index is -1.50. The van der Waals surface area contributed by atoms with Crippen molar-refractivity contribution in [3.63, 3.8) is 0 Å². The van der Waals surface area contributed by atoms with Crippen LogP contribution in [0.1, 0.15) is 23.1 Å². The molecule has 0 amide bonds. The van der Waals surface area contributed by atoms with Gasteiger partial charge in [0.05, 0.1) is 27.0 Å². The number of guanidine groups is 1. The molecule has 1 aliphatic heterocycles. The summed E-state index contributed by atoms with van der Waals surface area (Å²) >= 11 is 0. The van der Waals surface area contributed by atoms with Crippen LogP contribution in [-0.4, -0.2) is 44.7 Å². The highest BCUT2D eigenvalue weighted by atomic mass is 35.5. The van der Waals surface area contributed by atoms with Crippen molar-refractivity contribution in [2.24, 2.45) is 26.4 Å². The maximum atomic E-state index is 8.42. The molecule has 1 heterocycles. The first kappa shape index (κ1) is 26.0. The van der Waals surface area contributed by atoms with E-state index in [0.29, 0.717) is 22.8 Å². The Morgan fingerprint density at radius 1 is 1.03 bits per heavy atom. The van der Waals surface area contributed by atoms with Gasteiger partial charge in [-0.3, -0.25) is 5.41 Å². The van der Waals surface area contributed by atoms with Crippen LogP contribution in [0.4, 0.5) is 0 Å². The van der Waals surface area contributed by atoms with Gasteiger partial charge in [-0.1, -0.05) is 24.3 Å². The Balaban J connectivity index is 0.00000193. The fourth-order valence-corrected chi connectivity index (χ4v) is 4.01. The summed E-state index contributed by atoms with van der Waals surface area (Å²) in [6.07, 6.45) is 1.64. The molecule has 33 heavy (non-hydrogen) atoms. The average molecular weight is 493 g/mol. The molecule has 9 nitrogen and oxygen atoms in total. The minimum Gasteiger partial charge on any atom is -0.493 e. The van der Waals surface area contributed by atoms with E-state index in [4.69, 9.17) is 36.1 Å². The van der Waals surface area contributed by atoms with Crippen molar-refractivity contribution in [1.82, 2.24) is 0 Å². The molecule has 0 fully saturated rings. The zero-order valence-corrected chi connectivity index (χ0v) is 20.0. The number of benzene rings is 2. The topological polar surface area (TPSA) is 141 Å². The van der Waals surface area contributed by atoms with Crippen LogP contribution in [-0.2, 0) is 12.0 Å². The van der Waals surface area contributed by atoms with E-state index in [1.165, 1.54) is 26.9 Å². The molecule has 0 spiro atoms. The highest BCUT2D eigenvalue weighted by Gasteiger charge is 2.47. The van der Waals surface area contributed by atoms with E-state index in [-0.39, 0.29) is 42.4 Å². The summed E-state index contributed by atoms with van der Waals surface area (Å²) in [7, 11) is 4.54.